The maximum Gasteiger partial charge on any atom is 0.0489 e. The SMILES string of the molecule is BrCCCCCn1cccn1. The average molecular weight is 217 g/mol. The summed E-state index contributed by atoms with van der Waals surface area (Å²) in [7, 11) is 0. The first kappa shape index (κ1) is 8.78. The fraction of sp³-hybridized carbons (Fsp3) is 0.625. The molecule has 0 saturated heterocycles. The zero-order valence-electron chi connectivity index (χ0n) is 6.54. The van der Waals surface area contributed by atoms with Crippen molar-refractivity contribution in [3.05, 3.63) is 18.5 Å². The fourth-order valence-electron chi connectivity index (χ4n) is 0.978. The van der Waals surface area contributed by atoms with Crippen LogP contribution in [0.25, 0.3) is 0 Å². The summed E-state index contributed by atoms with van der Waals surface area (Å²) in [5.41, 5.74) is 0. The number of aromatic nitrogens is 2. The van der Waals surface area contributed by atoms with Crippen molar-refractivity contribution in [3.8, 4) is 0 Å². The second-order valence-electron chi connectivity index (χ2n) is 2.52. The predicted octanol–water partition coefficient (Wildman–Crippen LogP) is 2.45. The molecule has 3 heteroatoms. The quantitative estimate of drug-likeness (QED) is 0.547. The van der Waals surface area contributed by atoms with E-state index in [1.807, 2.05) is 23.1 Å². The summed E-state index contributed by atoms with van der Waals surface area (Å²) in [6, 6.07) is 1.96. The number of halogens is 1. The van der Waals surface area contributed by atoms with Gasteiger partial charge in [-0.05, 0) is 18.9 Å². The van der Waals surface area contributed by atoms with Gasteiger partial charge in [-0.1, -0.05) is 22.4 Å². The van der Waals surface area contributed by atoms with Crippen molar-refractivity contribution in [1.29, 1.82) is 0 Å². The molecular formula is C8H13BrN2. The van der Waals surface area contributed by atoms with Crippen LogP contribution in [0.15, 0.2) is 18.5 Å². The standard InChI is InChI=1S/C8H13BrN2/c9-5-2-1-3-7-11-8-4-6-10-11/h4,6,8H,1-3,5,7H2. The van der Waals surface area contributed by atoms with Gasteiger partial charge in [-0.25, -0.2) is 0 Å². The van der Waals surface area contributed by atoms with Crippen LogP contribution in [0.2, 0.25) is 0 Å². The van der Waals surface area contributed by atoms with Crippen LogP contribution in [0.4, 0.5) is 0 Å². The van der Waals surface area contributed by atoms with Crippen molar-refractivity contribution in [1.82, 2.24) is 9.78 Å². The predicted molar refractivity (Wildman–Crippen MR) is 49.9 cm³/mol. The normalized spacial score (nSPS) is 10.3. The summed E-state index contributed by atoms with van der Waals surface area (Å²) in [5.74, 6) is 0. The Balaban J connectivity index is 2.04. The molecule has 2 nitrogen and oxygen atoms in total. The summed E-state index contributed by atoms with van der Waals surface area (Å²) >= 11 is 3.41. The molecule has 62 valence electrons. The van der Waals surface area contributed by atoms with Gasteiger partial charge in [-0.15, -0.1) is 0 Å². The lowest BCUT2D eigenvalue weighted by Crippen LogP contribution is -1.97. The first-order chi connectivity index (χ1) is 5.43. The van der Waals surface area contributed by atoms with Gasteiger partial charge in [-0.2, -0.15) is 5.10 Å². The van der Waals surface area contributed by atoms with Gasteiger partial charge in [0, 0.05) is 24.3 Å². The second kappa shape index (κ2) is 5.35. The molecule has 0 amide bonds. The van der Waals surface area contributed by atoms with Crippen molar-refractivity contribution < 1.29 is 0 Å². The third-order valence-electron chi connectivity index (χ3n) is 1.58. The Labute approximate surface area is 75.7 Å². The number of hydrogen-bond acceptors (Lipinski definition) is 1. The molecular weight excluding hydrogens is 204 g/mol. The average Bonchev–Trinajstić information content (AvgIpc) is 2.50. The van der Waals surface area contributed by atoms with Gasteiger partial charge in [0.2, 0.25) is 0 Å². The van der Waals surface area contributed by atoms with Gasteiger partial charge in [-0.3, -0.25) is 4.68 Å². The van der Waals surface area contributed by atoms with Gasteiger partial charge in [0.1, 0.15) is 0 Å². The largest absolute Gasteiger partial charge is 0.273 e. The van der Waals surface area contributed by atoms with Gasteiger partial charge in [0.25, 0.3) is 0 Å². The van der Waals surface area contributed by atoms with E-state index in [1.165, 1.54) is 19.3 Å². The van der Waals surface area contributed by atoms with Gasteiger partial charge < -0.3 is 0 Å². The molecule has 0 aliphatic heterocycles. The molecule has 0 aliphatic rings. The zero-order valence-corrected chi connectivity index (χ0v) is 8.13. The molecule has 0 spiro atoms. The lowest BCUT2D eigenvalue weighted by Gasteiger charge is -1.98. The Morgan fingerprint density at radius 3 is 2.82 bits per heavy atom. The number of nitrogens with zero attached hydrogens (tertiary/aromatic N) is 2. The fourth-order valence-corrected chi connectivity index (χ4v) is 1.37. The van der Waals surface area contributed by atoms with E-state index in [0.29, 0.717) is 0 Å². The van der Waals surface area contributed by atoms with Crippen molar-refractivity contribution in [2.24, 2.45) is 0 Å². The van der Waals surface area contributed by atoms with Crippen molar-refractivity contribution in [3.63, 3.8) is 0 Å². The summed E-state index contributed by atoms with van der Waals surface area (Å²) in [4.78, 5) is 0. The zero-order chi connectivity index (χ0) is 7.94. The molecule has 0 unspecified atom stereocenters. The van der Waals surface area contributed by atoms with E-state index in [-0.39, 0.29) is 0 Å². The minimum atomic E-state index is 1.06. The first-order valence-electron chi connectivity index (χ1n) is 3.97. The highest BCUT2D eigenvalue weighted by molar-refractivity contribution is 9.09. The maximum atomic E-state index is 4.12. The molecule has 0 fully saturated rings. The molecule has 0 saturated carbocycles. The summed E-state index contributed by atoms with van der Waals surface area (Å²) in [6.45, 7) is 1.06. The van der Waals surface area contributed by atoms with Crippen LogP contribution in [0, 0.1) is 0 Å². The number of alkyl halides is 1. The van der Waals surface area contributed by atoms with Crippen molar-refractivity contribution in [2.45, 2.75) is 25.8 Å². The van der Waals surface area contributed by atoms with Gasteiger partial charge >= 0.3 is 0 Å². The maximum absolute atomic E-state index is 4.12. The first-order valence-corrected chi connectivity index (χ1v) is 5.09. The third-order valence-corrected chi connectivity index (χ3v) is 2.14. The highest BCUT2D eigenvalue weighted by atomic mass is 79.9. The van der Waals surface area contributed by atoms with Crippen LogP contribution in [-0.2, 0) is 6.54 Å². The van der Waals surface area contributed by atoms with Crippen LogP contribution in [-0.4, -0.2) is 15.1 Å². The minimum absolute atomic E-state index is 1.06. The molecule has 1 aromatic rings. The van der Waals surface area contributed by atoms with Crippen LogP contribution >= 0.6 is 15.9 Å². The Morgan fingerprint density at radius 1 is 1.27 bits per heavy atom. The number of hydrogen-bond donors (Lipinski definition) is 0. The molecule has 0 radical (unpaired) electrons. The highest BCUT2D eigenvalue weighted by Crippen LogP contribution is 2.00. The lowest BCUT2D eigenvalue weighted by atomic mass is 10.2. The molecule has 11 heavy (non-hydrogen) atoms. The second-order valence-corrected chi connectivity index (χ2v) is 3.31. The monoisotopic (exact) mass is 216 g/mol. The Morgan fingerprint density at radius 2 is 2.18 bits per heavy atom. The van der Waals surface area contributed by atoms with E-state index >= 15 is 0 Å². The Kier molecular flexibility index (Phi) is 4.28. The van der Waals surface area contributed by atoms with Crippen LogP contribution < -0.4 is 0 Å². The molecule has 1 rings (SSSR count). The molecule has 0 bridgehead atoms. The molecule has 1 aromatic heterocycles. The summed E-state index contributed by atoms with van der Waals surface area (Å²) in [6.07, 6.45) is 7.61. The third kappa shape index (κ3) is 3.56. The van der Waals surface area contributed by atoms with Crippen molar-refractivity contribution in [2.75, 3.05) is 5.33 Å². The number of aryl methyl sites for hydroxylation is 1. The molecule has 1 heterocycles. The molecule has 0 aliphatic carbocycles. The van der Waals surface area contributed by atoms with E-state index in [2.05, 4.69) is 21.0 Å². The highest BCUT2D eigenvalue weighted by Gasteiger charge is 1.89. The summed E-state index contributed by atoms with van der Waals surface area (Å²) in [5, 5.41) is 5.24. The van der Waals surface area contributed by atoms with Gasteiger partial charge in [0.15, 0.2) is 0 Å². The lowest BCUT2D eigenvalue weighted by molar-refractivity contribution is 0.555. The van der Waals surface area contributed by atoms with Gasteiger partial charge in [0.05, 0.1) is 0 Å². The Hall–Kier alpha value is -0.310. The summed E-state index contributed by atoms with van der Waals surface area (Å²) < 4.78 is 1.98. The van der Waals surface area contributed by atoms with E-state index in [0.717, 1.165) is 11.9 Å². The van der Waals surface area contributed by atoms with E-state index in [4.69, 9.17) is 0 Å². The van der Waals surface area contributed by atoms with Crippen molar-refractivity contribution >= 4 is 15.9 Å². The van der Waals surface area contributed by atoms with Crippen LogP contribution in [0.1, 0.15) is 19.3 Å². The van der Waals surface area contributed by atoms with E-state index < -0.39 is 0 Å². The molecule has 0 atom stereocenters. The smallest absolute Gasteiger partial charge is 0.0489 e. The Bertz CT molecular complexity index is 172. The molecule has 0 aromatic carbocycles. The van der Waals surface area contributed by atoms with E-state index in [9.17, 15) is 0 Å². The van der Waals surface area contributed by atoms with E-state index in [1.54, 1.807) is 0 Å². The topological polar surface area (TPSA) is 17.8 Å². The molecule has 0 N–H and O–H groups in total. The van der Waals surface area contributed by atoms with Crippen LogP contribution in [0.3, 0.4) is 0 Å². The van der Waals surface area contributed by atoms with Crippen LogP contribution in [0.5, 0.6) is 0 Å². The number of rotatable bonds is 5. The number of unbranched alkanes of at least 4 members (excludes halogenated alkanes) is 2. The minimum Gasteiger partial charge on any atom is -0.273 e.